The van der Waals surface area contributed by atoms with Crippen molar-refractivity contribution in [1.29, 1.82) is 0 Å². The van der Waals surface area contributed by atoms with E-state index in [9.17, 15) is 9.59 Å². The van der Waals surface area contributed by atoms with Crippen LogP contribution in [0, 0.1) is 5.92 Å². The van der Waals surface area contributed by atoms with E-state index in [0.717, 1.165) is 11.3 Å². The highest BCUT2D eigenvalue weighted by molar-refractivity contribution is 6.30. The number of benzene rings is 2. The first kappa shape index (κ1) is 19.2. The summed E-state index contributed by atoms with van der Waals surface area (Å²) in [5.74, 6) is 0.544. The third kappa shape index (κ3) is 4.61. The molecule has 1 aliphatic heterocycles. The number of esters is 1. The minimum atomic E-state index is -0.400. The van der Waals surface area contributed by atoms with Crippen LogP contribution < -0.4 is 9.47 Å². The van der Waals surface area contributed by atoms with Gasteiger partial charge in [-0.2, -0.15) is 0 Å². The van der Waals surface area contributed by atoms with Gasteiger partial charge in [-0.1, -0.05) is 11.6 Å². The Hall–Kier alpha value is -2.53. The van der Waals surface area contributed by atoms with Crippen molar-refractivity contribution in [2.24, 2.45) is 5.92 Å². The van der Waals surface area contributed by atoms with Gasteiger partial charge in [-0.15, -0.1) is 0 Å². The van der Waals surface area contributed by atoms with Crippen LogP contribution in [0.3, 0.4) is 0 Å². The molecule has 0 aromatic heterocycles. The van der Waals surface area contributed by atoms with Gasteiger partial charge in [-0.25, -0.2) is 0 Å². The topological polar surface area (TPSA) is 61.8 Å². The van der Waals surface area contributed by atoms with E-state index in [-0.39, 0.29) is 25.0 Å². The molecule has 5 nitrogen and oxygen atoms in total. The SMILES string of the molecule is CCOc1ccc(C(C)=O)cc1COC(=O)[C@@H]1COc2ccc(Cl)cc2C1. The first-order valence-corrected chi connectivity index (χ1v) is 9.20. The Morgan fingerprint density at radius 1 is 1.22 bits per heavy atom. The summed E-state index contributed by atoms with van der Waals surface area (Å²) >= 11 is 6.02. The molecule has 0 unspecified atom stereocenters. The average molecular weight is 389 g/mol. The normalized spacial score (nSPS) is 15.4. The molecule has 0 radical (unpaired) electrons. The average Bonchev–Trinajstić information content (AvgIpc) is 2.66. The first-order valence-electron chi connectivity index (χ1n) is 8.82. The quantitative estimate of drug-likeness (QED) is 0.547. The van der Waals surface area contributed by atoms with Gasteiger partial charge in [0.1, 0.15) is 24.7 Å². The summed E-state index contributed by atoms with van der Waals surface area (Å²) in [7, 11) is 0. The molecule has 0 N–H and O–H groups in total. The zero-order valence-electron chi connectivity index (χ0n) is 15.3. The lowest BCUT2D eigenvalue weighted by Crippen LogP contribution is -2.29. The fourth-order valence-corrected chi connectivity index (χ4v) is 3.18. The predicted molar refractivity (Wildman–Crippen MR) is 102 cm³/mol. The number of ether oxygens (including phenoxy) is 3. The third-order valence-electron chi connectivity index (χ3n) is 4.40. The van der Waals surface area contributed by atoms with E-state index in [4.69, 9.17) is 25.8 Å². The Balaban J connectivity index is 1.68. The molecule has 2 aromatic rings. The Morgan fingerprint density at radius 3 is 2.78 bits per heavy atom. The van der Waals surface area contributed by atoms with Crippen molar-refractivity contribution < 1.29 is 23.8 Å². The maximum Gasteiger partial charge on any atom is 0.313 e. The second-order valence-electron chi connectivity index (χ2n) is 6.38. The molecule has 0 saturated carbocycles. The van der Waals surface area contributed by atoms with Gasteiger partial charge in [0.2, 0.25) is 0 Å². The highest BCUT2D eigenvalue weighted by Gasteiger charge is 2.27. The van der Waals surface area contributed by atoms with Crippen LogP contribution in [-0.2, 0) is 22.6 Å². The number of Topliss-reactive ketones (excluding diaryl/α,β-unsaturated/α-hetero) is 1. The second-order valence-corrected chi connectivity index (χ2v) is 6.82. The van der Waals surface area contributed by atoms with Crippen LogP contribution in [0.25, 0.3) is 0 Å². The highest BCUT2D eigenvalue weighted by atomic mass is 35.5. The summed E-state index contributed by atoms with van der Waals surface area (Å²) in [5.41, 5.74) is 2.11. The zero-order chi connectivity index (χ0) is 19.4. The summed E-state index contributed by atoms with van der Waals surface area (Å²) in [5, 5.41) is 0.605. The van der Waals surface area contributed by atoms with Crippen LogP contribution in [0.15, 0.2) is 36.4 Å². The number of fused-ring (bicyclic) bond motifs is 1. The smallest absolute Gasteiger partial charge is 0.313 e. The summed E-state index contributed by atoms with van der Waals surface area (Å²) in [4.78, 5) is 24.1. The fourth-order valence-electron chi connectivity index (χ4n) is 2.99. The number of hydrogen-bond donors (Lipinski definition) is 0. The van der Waals surface area contributed by atoms with Crippen LogP contribution >= 0.6 is 11.6 Å². The van der Waals surface area contributed by atoms with Gasteiger partial charge in [0.05, 0.1) is 12.5 Å². The van der Waals surface area contributed by atoms with Crippen molar-refractivity contribution in [1.82, 2.24) is 0 Å². The van der Waals surface area contributed by atoms with Crippen molar-refractivity contribution in [3.63, 3.8) is 0 Å². The van der Waals surface area contributed by atoms with Gasteiger partial charge in [0, 0.05) is 16.1 Å². The molecule has 0 saturated heterocycles. The van der Waals surface area contributed by atoms with Crippen LogP contribution in [0.2, 0.25) is 5.02 Å². The van der Waals surface area contributed by atoms with E-state index in [0.29, 0.717) is 34.9 Å². The number of hydrogen-bond acceptors (Lipinski definition) is 5. The fraction of sp³-hybridized carbons (Fsp3) is 0.333. The number of carbonyl (C=O) groups is 2. The number of rotatable bonds is 6. The molecule has 27 heavy (non-hydrogen) atoms. The van der Waals surface area contributed by atoms with Crippen molar-refractivity contribution in [2.75, 3.05) is 13.2 Å². The molecular weight excluding hydrogens is 368 g/mol. The maximum atomic E-state index is 12.5. The molecular formula is C21H21ClO5. The molecule has 3 rings (SSSR count). The lowest BCUT2D eigenvalue weighted by molar-refractivity contribution is -0.151. The lowest BCUT2D eigenvalue weighted by atomic mass is 9.97. The molecule has 0 fully saturated rings. The molecule has 0 bridgehead atoms. The third-order valence-corrected chi connectivity index (χ3v) is 4.63. The van der Waals surface area contributed by atoms with Crippen molar-refractivity contribution in [3.05, 3.63) is 58.1 Å². The Kier molecular flexibility index (Phi) is 6.01. The zero-order valence-corrected chi connectivity index (χ0v) is 16.0. The predicted octanol–water partition coefficient (Wildman–Crippen LogP) is 4.24. The van der Waals surface area contributed by atoms with Gasteiger partial charge >= 0.3 is 5.97 Å². The van der Waals surface area contributed by atoms with E-state index >= 15 is 0 Å². The van der Waals surface area contributed by atoms with E-state index in [1.165, 1.54) is 6.92 Å². The second kappa shape index (κ2) is 8.44. The molecule has 0 amide bonds. The van der Waals surface area contributed by atoms with E-state index in [1.54, 1.807) is 36.4 Å². The molecule has 142 valence electrons. The number of halogens is 1. The van der Waals surface area contributed by atoms with Gasteiger partial charge in [0.15, 0.2) is 5.78 Å². The summed E-state index contributed by atoms with van der Waals surface area (Å²) in [6.07, 6.45) is 0.514. The van der Waals surface area contributed by atoms with E-state index in [1.807, 2.05) is 6.92 Å². The minimum absolute atomic E-state index is 0.0359. The summed E-state index contributed by atoms with van der Waals surface area (Å²) < 4.78 is 16.7. The lowest BCUT2D eigenvalue weighted by Gasteiger charge is -2.24. The monoisotopic (exact) mass is 388 g/mol. The van der Waals surface area contributed by atoms with E-state index < -0.39 is 5.92 Å². The Morgan fingerprint density at radius 2 is 2.04 bits per heavy atom. The van der Waals surface area contributed by atoms with Gasteiger partial charge in [-0.3, -0.25) is 9.59 Å². The first-order chi connectivity index (χ1) is 13.0. The molecule has 0 aliphatic carbocycles. The number of carbonyl (C=O) groups excluding carboxylic acids is 2. The molecule has 1 aliphatic rings. The van der Waals surface area contributed by atoms with Crippen LogP contribution in [-0.4, -0.2) is 25.0 Å². The molecule has 0 spiro atoms. The molecule has 2 aromatic carbocycles. The van der Waals surface area contributed by atoms with Gasteiger partial charge in [-0.05, 0) is 62.2 Å². The molecule has 1 atom stereocenters. The van der Waals surface area contributed by atoms with E-state index in [2.05, 4.69) is 0 Å². The van der Waals surface area contributed by atoms with Gasteiger partial charge < -0.3 is 14.2 Å². The van der Waals surface area contributed by atoms with Gasteiger partial charge in [0.25, 0.3) is 0 Å². The Labute approximate surface area is 163 Å². The maximum absolute atomic E-state index is 12.5. The van der Waals surface area contributed by atoms with Crippen LogP contribution in [0.5, 0.6) is 11.5 Å². The highest BCUT2D eigenvalue weighted by Crippen LogP contribution is 2.30. The van der Waals surface area contributed by atoms with Crippen LogP contribution in [0.4, 0.5) is 0 Å². The molecule has 1 heterocycles. The van der Waals surface area contributed by atoms with Crippen LogP contribution in [0.1, 0.15) is 35.3 Å². The molecule has 6 heteroatoms. The minimum Gasteiger partial charge on any atom is -0.493 e. The number of ketones is 1. The van der Waals surface area contributed by atoms with Crippen molar-refractivity contribution in [2.45, 2.75) is 26.9 Å². The Bertz CT molecular complexity index is 862. The van der Waals surface area contributed by atoms with Crippen molar-refractivity contribution in [3.8, 4) is 11.5 Å². The summed E-state index contributed by atoms with van der Waals surface area (Å²) in [6.45, 7) is 4.14. The largest absolute Gasteiger partial charge is 0.493 e. The standard InChI is InChI=1S/C21H21ClO5/c1-3-25-20-6-4-14(13(2)23)8-16(20)11-27-21(24)17-9-15-10-18(22)5-7-19(15)26-12-17/h4-8,10,17H,3,9,11-12H2,1-2H3/t17-/m0/s1. The summed E-state index contributed by atoms with van der Waals surface area (Å²) in [6, 6.07) is 10.5. The van der Waals surface area contributed by atoms with Crippen molar-refractivity contribution >= 4 is 23.4 Å².